The number of hydrogen-bond acceptors (Lipinski definition) is 2. The molecule has 4 nitrogen and oxygen atoms in total. The number of fused-ring (bicyclic) bond motifs is 5. The van der Waals surface area contributed by atoms with E-state index in [0.29, 0.717) is 35.1 Å². The first-order valence-electron chi connectivity index (χ1n) is 18.7. The highest BCUT2D eigenvalue weighted by molar-refractivity contribution is 5.77. The standard InChI is InChI=1S/C38H68N2O2/c1-6-7-8-9-10-11-12-13-14-15-16-17-18-19-35(41)39-28-29(2)31-21-22-32-30-20-23-34-38(4,27-25-36(42)40(34)5)33(30)24-26-37(31,32)3/h29-34H,6-28H2,1-5H3,(H,39,41)/t29?,30-,31+,32-,33-,34+,37+,38+/m0/s1. The first-order chi connectivity index (χ1) is 20.2. The van der Waals surface area contributed by atoms with E-state index in [2.05, 4.69) is 45.0 Å². The second-order valence-corrected chi connectivity index (χ2v) is 16.0. The van der Waals surface area contributed by atoms with Gasteiger partial charge in [0.15, 0.2) is 0 Å². The van der Waals surface area contributed by atoms with Crippen LogP contribution in [0.15, 0.2) is 0 Å². The molecule has 4 rings (SSSR count). The van der Waals surface area contributed by atoms with Crippen LogP contribution in [0.1, 0.15) is 169 Å². The Labute approximate surface area is 260 Å². The van der Waals surface area contributed by atoms with Crippen molar-refractivity contribution < 1.29 is 9.59 Å². The van der Waals surface area contributed by atoms with E-state index in [4.69, 9.17) is 0 Å². The molecular formula is C38H68N2O2. The molecule has 4 aliphatic rings. The van der Waals surface area contributed by atoms with Crippen LogP contribution in [-0.2, 0) is 9.59 Å². The van der Waals surface area contributed by atoms with E-state index in [1.165, 1.54) is 116 Å². The van der Waals surface area contributed by atoms with Crippen LogP contribution < -0.4 is 5.32 Å². The molecular weight excluding hydrogens is 516 g/mol. The number of hydrogen-bond donors (Lipinski definition) is 1. The van der Waals surface area contributed by atoms with Crippen LogP contribution >= 0.6 is 0 Å². The zero-order valence-corrected chi connectivity index (χ0v) is 28.5. The Kier molecular flexibility index (Phi) is 12.7. The number of piperidine rings is 1. The lowest BCUT2D eigenvalue weighted by Crippen LogP contribution is -2.61. The SMILES string of the molecule is CCCCCCCCCCCCCCCC(=O)NCC(C)[C@H]1CC[C@H]2[C@@H]3CC[C@H]4N(C)C(=O)CC[C@]4(C)[C@H]3CC[C@]12C. The fourth-order valence-corrected chi connectivity index (χ4v) is 10.9. The quantitative estimate of drug-likeness (QED) is 0.173. The summed E-state index contributed by atoms with van der Waals surface area (Å²) in [7, 11) is 2.07. The predicted octanol–water partition coefficient (Wildman–Crippen LogP) is 9.70. The lowest BCUT2D eigenvalue weighted by molar-refractivity contribution is -0.158. The summed E-state index contributed by atoms with van der Waals surface area (Å²) in [6.07, 6.45) is 27.9. The number of unbranched alkanes of at least 4 members (excludes halogenated alkanes) is 12. The van der Waals surface area contributed by atoms with Crippen LogP contribution in [0, 0.1) is 40.4 Å². The number of nitrogens with one attached hydrogen (secondary N) is 1. The molecule has 1 unspecified atom stereocenters. The van der Waals surface area contributed by atoms with E-state index in [1.807, 2.05) is 0 Å². The second kappa shape index (κ2) is 15.8. The van der Waals surface area contributed by atoms with Crippen LogP contribution in [0.25, 0.3) is 0 Å². The maximum absolute atomic E-state index is 12.7. The Bertz CT molecular complexity index is 858. The molecule has 2 amide bonds. The summed E-state index contributed by atoms with van der Waals surface area (Å²) in [5.41, 5.74) is 0.720. The van der Waals surface area contributed by atoms with Gasteiger partial charge in [-0.05, 0) is 91.8 Å². The Balaban J connectivity index is 1.11. The topological polar surface area (TPSA) is 49.4 Å². The fraction of sp³-hybridized carbons (Fsp3) is 0.947. The van der Waals surface area contributed by atoms with Gasteiger partial charge in [-0.2, -0.15) is 0 Å². The maximum Gasteiger partial charge on any atom is 0.222 e. The van der Waals surface area contributed by atoms with Crippen molar-refractivity contribution in [3.05, 3.63) is 0 Å². The lowest BCUT2D eigenvalue weighted by Gasteiger charge is -2.62. The minimum atomic E-state index is 0.274. The van der Waals surface area contributed by atoms with E-state index < -0.39 is 0 Å². The fourth-order valence-electron chi connectivity index (χ4n) is 10.9. The molecule has 1 saturated heterocycles. The van der Waals surface area contributed by atoms with Gasteiger partial charge in [0.25, 0.3) is 0 Å². The number of nitrogens with zero attached hydrogens (tertiary/aromatic N) is 1. The third-order valence-electron chi connectivity index (χ3n) is 13.4. The Morgan fingerprint density at radius 1 is 0.810 bits per heavy atom. The summed E-state index contributed by atoms with van der Waals surface area (Å²) < 4.78 is 0. The minimum Gasteiger partial charge on any atom is -0.356 e. The molecule has 242 valence electrons. The molecule has 1 N–H and O–H groups in total. The Morgan fingerprint density at radius 2 is 1.40 bits per heavy atom. The van der Waals surface area contributed by atoms with Crippen molar-refractivity contribution in [2.75, 3.05) is 13.6 Å². The summed E-state index contributed by atoms with van der Waals surface area (Å²) in [6.45, 7) is 10.7. The van der Waals surface area contributed by atoms with E-state index in [0.717, 1.165) is 49.5 Å². The zero-order chi connectivity index (χ0) is 30.2. The third kappa shape index (κ3) is 7.77. The summed E-state index contributed by atoms with van der Waals surface area (Å²) in [5.74, 6) is 4.34. The molecule has 0 spiro atoms. The zero-order valence-electron chi connectivity index (χ0n) is 28.5. The summed E-state index contributed by atoms with van der Waals surface area (Å²) in [4.78, 5) is 27.3. The minimum absolute atomic E-state index is 0.274. The van der Waals surface area contributed by atoms with Gasteiger partial charge in [0, 0.05) is 32.5 Å². The van der Waals surface area contributed by atoms with E-state index in [-0.39, 0.29) is 5.91 Å². The summed E-state index contributed by atoms with van der Waals surface area (Å²) in [6, 6.07) is 0.450. The molecule has 42 heavy (non-hydrogen) atoms. The third-order valence-corrected chi connectivity index (χ3v) is 13.4. The van der Waals surface area contributed by atoms with E-state index in [1.54, 1.807) is 0 Å². The van der Waals surface area contributed by atoms with Crippen molar-refractivity contribution in [1.29, 1.82) is 0 Å². The number of amides is 2. The molecule has 3 saturated carbocycles. The van der Waals surface area contributed by atoms with Gasteiger partial charge in [-0.1, -0.05) is 105 Å². The first kappa shape index (κ1) is 33.8. The Hall–Kier alpha value is -1.06. The molecule has 1 aliphatic heterocycles. The normalized spacial score (nSPS) is 34.9. The number of rotatable bonds is 17. The maximum atomic E-state index is 12.7. The van der Waals surface area contributed by atoms with Gasteiger partial charge in [-0.3, -0.25) is 9.59 Å². The molecule has 0 bridgehead atoms. The van der Waals surface area contributed by atoms with Gasteiger partial charge in [0.1, 0.15) is 0 Å². The van der Waals surface area contributed by atoms with E-state index in [9.17, 15) is 9.59 Å². The number of carbonyl (C=O) groups is 2. The molecule has 4 heteroatoms. The van der Waals surface area contributed by atoms with Gasteiger partial charge < -0.3 is 10.2 Å². The van der Waals surface area contributed by atoms with Gasteiger partial charge in [0.05, 0.1) is 0 Å². The van der Waals surface area contributed by atoms with Crippen LogP contribution in [0.2, 0.25) is 0 Å². The summed E-state index contributed by atoms with van der Waals surface area (Å²) in [5, 5.41) is 3.35. The first-order valence-corrected chi connectivity index (χ1v) is 18.7. The highest BCUT2D eigenvalue weighted by atomic mass is 16.2. The van der Waals surface area contributed by atoms with Crippen LogP contribution in [0.5, 0.6) is 0 Å². The van der Waals surface area contributed by atoms with Gasteiger partial charge in [0.2, 0.25) is 11.8 Å². The molecule has 3 aliphatic carbocycles. The lowest BCUT2D eigenvalue weighted by atomic mass is 9.46. The highest BCUT2D eigenvalue weighted by Gasteiger charge is 2.61. The second-order valence-electron chi connectivity index (χ2n) is 16.0. The molecule has 1 heterocycles. The van der Waals surface area contributed by atoms with Gasteiger partial charge >= 0.3 is 0 Å². The van der Waals surface area contributed by atoms with Crippen LogP contribution in [0.4, 0.5) is 0 Å². The van der Waals surface area contributed by atoms with Crippen molar-refractivity contribution >= 4 is 11.8 Å². The van der Waals surface area contributed by atoms with Gasteiger partial charge in [-0.25, -0.2) is 0 Å². The van der Waals surface area contributed by atoms with Gasteiger partial charge in [-0.15, -0.1) is 0 Å². The van der Waals surface area contributed by atoms with E-state index >= 15 is 0 Å². The average molecular weight is 585 g/mol. The largest absolute Gasteiger partial charge is 0.356 e. The van der Waals surface area contributed by atoms with Crippen molar-refractivity contribution in [3.8, 4) is 0 Å². The smallest absolute Gasteiger partial charge is 0.222 e. The van der Waals surface area contributed by atoms with Crippen molar-refractivity contribution in [3.63, 3.8) is 0 Å². The van der Waals surface area contributed by atoms with Crippen LogP contribution in [-0.4, -0.2) is 36.3 Å². The molecule has 8 atom stereocenters. The highest BCUT2D eigenvalue weighted by Crippen LogP contribution is 2.67. The molecule has 0 aromatic carbocycles. The number of likely N-dealkylation sites (tertiary alicyclic amines) is 1. The van der Waals surface area contributed by atoms with Crippen LogP contribution in [0.3, 0.4) is 0 Å². The molecule has 0 aromatic rings. The van der Waals surface area contributed by atoms with Crippen molar-refractivity contribution in [2.45, 2.75) is 175 Å². The number of carbonyl (C=O) groups excluding carboxylic acids is 2. The van der Waals surface area contributed by atoms with Crippen molar-refractivity contribution in [2.24, 2.45) is 40.4 Å². The predicted molar refractivity (Wildman–Crippen MR) is 176 cm³/mol. The molecule has 4 fully saturated rings. The summed E-state index contributed by atoms with van der Waals surface area (Å²) >= 11 is 0. The molecule has 0 aromatic heterocycles. The molecule has 0 radical (unpaired) electrons. The monoisotopic (exact) mass is 585 g/mol. The van der Waals surface area contributed by atoms with Crippen molar-refractivity contribution in [1.82, 2.24) is 10.2 Å². The Morgan fingerprint density at radius 3 is 2.05 bits per heavy atom. The average Bonchev–Trinajstić information content (AvgIpc) is 3.33.